The van der Waals surface area contributed by atoms with E-state index in [2.05, 4.69) is 25.7 Å². The van der Waals surface area contributed by atoms with E-state index in [9.17, 15) is 0 Å². The highest BCUT2D eigenvalue weighted by molar-refractivity contribution is 5.67. The van der Waals surface area contributed by atoms with Gasteiger partial charge in [-0.05, 0) is 20.8 Å². The summed E-state index contributed by atoms with van der Waals surface area (Å²) in [7, 11) is 6.61. The topological polar surface area (TPSA) is 95.4 Å². The number of nitrogens with one attached hydrogen (secondary N) is 2. The third-order valence-corrected chi connectivity index (χ3v) is 4.65. The van der Waals surface area contributed by atoms with Gasteiger partial charge in [0, 0.05) is 42.2 Å². The molecule has 154 valence electrons. The Morgan fingerprint density at radius 1 is 0.931 bits per heavy atom. The van der Waals surface area contributed by atoms with Crippen molar-refractivity contribution < 1.29 is 14.2 Å². The molecule has 3 rings (SSSR count). The van der Waals surface area contributed by atoms with Crippen LogP contribution in [0.5, 0.6) is 17.2 Å². The monoisotopic (exact) mass is 398 g/mol. The van der Waals surface area contributed by atoms with E-state index in [0.717, 1.165) is 22.6 Å². The molecule has 0 saturated carbocycles. The van der Waals surface area contributed by atoms with E-state index in [4.69, 9.17) is 14.2 Å². The molecule has 0 saturated heterocycles. The van der Waals surface area contributed by atoms with Crippen molar-refractivity contribution in [2.24, 2.45) is 7.05 Å². The average molecular weight is 398 g/mol. The maximum absolute atomic E-state index is 5.40. The van der Waals surface area contributed by atoms with Crippen LogP contribution in [0.3, 0.4) is 0 Å². The number of rotatable bonds is 7. The molecule has 0 aliphatic carbocycles. The summed E-state index contributed by atoms with van der Waals surface area (Å²) in [6, 6.07) is 3.60. The van der Waals surface area contributed by atoms with Gasteiger partial charge < -0.3 is 24.8 Å². The second kappa shape index (κ2) is 8.26. The molecule has 2 aromatic heterocycles. The van der Waals surface area contributed by atoms with Crippen LogP contribution in [-0.2, 0) is 7.05 Å². The molecule has 3 aromatic rings. The van der Waals surface area contributed by atoms with Gasteiger partial charge in [0.2, 0.25) is 11.7 Å². The van der Waals surface area contributed by atoms with E-state index in [1.807, 2.05) is 27.8 Å². The lowest BCUT2D eigenvalue weighted by Gasteiger charge is -2.15. The fourth-order valence-electron chi connectivity index (χ4n) is 2.96. The molecule has 29 heavy (non-hydrogen) atoms. The van der Waals surface area contributed by atoms with E-state index in [-0.39, 0.29) is 0 Å². The fourth-order valence-corrected chi connectivity index (χ4v) is 2.96. The molecule has 0 aliphatic rings. The lowest BCUT2D eigenvalue weighted by atomic mass is 10.2. The predicted molar refractivity (Wildman–Crippen MR) is 112 cm³/mol. The second-order valence-corrected chi connectivity index (χ2v) is 6.57. The maximum atomic E-state index is 5.40. The van der Waals surface area contributed by atoms with Crippen LogP contribution in [0.15, 0.2) is 18.3 Å². The zero-order chi connectivity index (χ0) is 21.1. The van der Waals surface area contributed by atoms with Crippen molar-refractivity contribution in [2.45, 2.75) is 20.8 Å². The molecule has 2 heterocycles. The maximum Gasteiger partial charge on any atom is 0.229 e. The molecule has 0 atom stereocenters. The van der Waals surface area contributed by atoms with Gasteiger partial charge >= 0.3 is 0 Å². The number of aryl methyl sites for hydroxylation is 3. The SMILES string of the molecule is COc1cc(Nc2ncc(C)c(Nc3c(C)c(C)nn3C)n2)cc(OC)c1OC. The molecule has 0 aliphatic heterocycles. The standard InChI is InChI=1S/C20H26N6O3/c1-11-10-21-20(24-18(11)23-19-12(2)13(3)25-26(19)4)22-14-8-15(27-5)17(29-7)16(9-14)28-6/h8-10H,1-7H3,(H2,21,22,23,24). The third-order valence-electron chi connectivity index (χ3n) is 4.65. The summed E-state index contributed by atoms with van der Waals surface area (Å²) in [4.78, 5) is 9.00. The average Bonchev–Trinajstić information content (AvgIpc) is 2.95. The third kappa shape index (κ3) is 4.03. The minimum atomic E-state index is 0.434. The summed E-state index contributed by atoms with van der Waals surface area (Å²) in [6.07, 6.45) is 1.76. The molecular weight excluding hydrogens is 372 g/mol. The molecule has 0 spiro atoms. The number of ether oxygens (including phenoxy) is 3. The van der Waals surface area contributed by atoms with E-state index in [1.54, 1.807) is 44.3 Å². The second-order valence-electron chi connectivity index (χ2n) is 6.57. The Morgan fingerprint density at radius 2 is 1.59 bits per heavy atom. The number of nitrogens with zero attached hydrogens (tertiary/aromatic N) is 4. The molecule has 9 nitrogen and oxygen atoms in total. The van der Waals surface area contributed by atoms with Gasteiger partial charge in [-0.2, -0.15) is 10.1 Å². The van der Waals surface area contributed by atoms with E-state index >= 15 is 0 Å². The first-order valence-electron chi connectivity index (χ1n) is 9.05. The number of anilines is 4. The number of hydrogen-bond acceptors (Lipinski definition) is 8. The van der Waals surface area contributed by atoms with Crippen molar-refractivity contribution in [1.29, 1.82) is 0 Å². The van der Waals surface area contributed by atoms with E-state index in [1.165, 1.54) is 0 Å². The molecule has 0 fully saturated rings. The van der Waals surface area contributed by atoms with E-state index < -0.39 is 0 Å². The number of methoxy groups -OCH3 is 3. The van der Waals surface area contributed by atoms with Crippen LogP contribution < -0.4 is 24.8 Å². The van der Waals surface area contributed by atoms with Crippen LogP contribution in [0, 0.1) is 20.8 Å². The van der Waals surface area contributed by atoms with Gasteiger partial charge in [0.05, 0.1) is 27.0 Å². The quantitative estimate of drug-likeness (QED) is 0.623. The van der Waals surface area contributed by atoms with Crippen LogP contribution in [0.25, 0.3) is 0 Å². The summed E-state index contributed by atoms with van der Waals surface area (Å²) in [5.41, 5.74) is 3.67. The fraction of sp³-hybridized carbons (Fsp3) is 0.350. The summed E-state index contributed by atoms with van der Waals surface area (Å²) >= 11 is 0. The Kier molecular flexibility index (Phi) is 5.76. The van der Waals surface area contributed by atoms with Crippen molar-refractivity contribution in [3.8, 4) is 17.2 Å². The van der Waals surface area contributed by atoms with Crippen LogP contribution in [0.1, 0.15) is 16.8 Å². The van der Waals surface area contributed by atoms with Crippen molar-refractivity contribution in [1.82, 2.24) is 19.7 Å². The lowest BCUT2D eigenvalue weighted by molar-refractivity contribution is 0.324. The lowest BCUT2D eigenvalue weighted by Crippen LogP contribution is -2.06. The van der Waals surface area contributed by atoms with Crippen molar-refractivity contribution in [3.63, 3.8) is 0 Å². The number of aromatic nitrogens is 4. The molecule has 9 heteroatoms. The highest BCUT2D eigenvalue weighted by Gasteiger charge is 2.15. The van der Waals surface area contributed by atoms with Gasteiger partial charge in [-0.15, -0.1) is 0 Å². The van der Waals surface area contributed by atoms with Gasteiger partial charge in [0.1, 0.15) is 11.6 Å². The van der Waals surface area contributed by atoms with Gasteiger partial charge in [-0.1, -0.05) is 0 Å². The van der Waals surface area contributed by atoms with Crippen LogP contribution in [0.4, 0.5) is 23.3 Å². The molecule has 0 amide bonds. The van der Waals surface area contributed by atoms with E-state index in [0.29, 0.717) is 34.7 Å². The normalized spacial score (nSPS) is 10.6. The van der Waals surface area contributed by atoms with Gasteiger partial charge in [-0.25, -0.2) is 4.98 Å². The minimum absolute atomic E-state index is 0.434. The largest absolute Gasteiger partial charge is 0.493 e. The number of hydrogen-bond donors (Lipinski definition) is 2. The van der Waals surface area contributed by atoms with Gasteiger partial charge in [0.15, 0.2) is 11.5 Å². The van der Waals surface area contributed by atoms with Gasteiger partial charge in [0.25, 0.3) is 0 Å². The van der Waals surface area contributed by atoms with Gasteiger partial charge in [-0.3, -0.25) is 4.68 Å². The van der Waals surface area contributed by atoms with Crippen molar-refractivity contribution >= 4 is 23.3 Å². The van der Waals surface area contributed by atoms with Crippen LogP contribution in [-0.4, -0.2) is 41.1 Å². The highest BCUT2D eigenvalue weighted by atomic mass is 16.5. The highest BCUT2D eigenvalue weighted by Crippen LogP contribution is 2.40. The van der Waals surface area contributed by atoms with Crippen LogP contribution in [0.2, 0.25) is 0 Å². The zero-order valence-corrected chi connectivity index (χ0v) is 17.7. The summed E-state index contributed by atoms with van der Waals surface area (Å²) < 4.78 is 18.0. The first-order valence-corrected chi connectivity index (χ1v) is 9.05. The Balaban J connectivity index is 1.92. The smallest absolute Gasteiger partial charge is 0.229 e. The Hall–Kier alpha value is -3.49. The first-order chi connectivity index (χ1) is 13.9. The number of benzene rings is 1. The van der Waals surface area contributed by atoms with Crippen molar-refractivity contribution in [2.75, 3.05) is 32.0 Å². The molecule has 0 bridgehead atoms. The first kappa shape index (κ1) is 20.2. The van der Waals surface area contributed by atoms with Crippen LogP contribution >= 0.6 is 0 Å². The minimum Gasteiger partial charge on any atom is -0.493 e. The molecule has 0 unspecified atom stereocenters. The molecule has 0 radical (unpaired) electrons. The van der Waals surface area contributed by atoms with Crippen molar-refractivity contribution in [3.05, 3.63) is 35.2 Å². The summed E-state index contributed by atoms with van der Waals surface area (Å²) in [6.45, 7) is 5.95. The Morgan fingerprint density at radius 3 is 2.10 bits per heavy atom. The summed E-state index contributed by atoms with van der Waals surface area (Å²) in [5, 5.41) is 11.0. The molecule has 2 N–H and O–H groups in total. The Bertz CT molecular complexity index is 1010. The molecular formula is C20H26N6O3. The summed E-state index contributed by atoms with van der Waals surface area (Å²) in [5.74, 6) is 3.63. The predicted octanol–water partition coefficient (Wildman–Crippen LogP) is 3.65. The molecule has 1 aromatic carbocycles. The zero-order valence-electron chi connectivity index (χ0n) is 17.7. The Labute approximate surface area is 170 Å².